The second-order valence-corrected chi connectivity index (χ2v) is 5.17. The molecule has 0 radical (unpaired) electrons. The van der Waals surface area contributed by atoms with Crippen LogP contribution in [0.1, 0.15) is 23.3 Å². The van der Waals surface area contributed by atoms with Gasteiger partial charge in [0.25, 0.3) is 0 Å². The molecule has 0 aromatic carbocycles. The molecule has 16 heavy (non-hydrogen) atoms. The molecule has 0 aliphatic rings. The van der Waals surface area contributed by atoms with Crippen molar-refractivity contribution >= 4 is 27.3 Å². The van der Waals surface area contributed by atoms with E-state index in [1.54, 1.807) is 11.3 Å². The third kappa shape index (κ3) is 2.89. The standard InChI is InChI=1S/C10H13BrN4S/c1-2-10-12-9(7-16-10)6-15-5-8(3-4-11)13-14-15/h5,7H,2-4,6H2,1H3. The Morgan fingerprint density at radius 3 is 3.00 bits per heavy atom. The van der Waals surface area contributed by atoms with Gasteiger partial charge in [0.2, 0.25) is 0 Å². The smallest absolute Gasteiger partial charge is 0.0926 e. The summed E-state index contributed by atoms with van der Waals surface area (Å²) >= 11 is 5.09. The van der Waals surface area contributed by atoms with E-state index in [4.69, 9.17) is 0 Å². The van der Waals surface area contributed by atoms with Gasteiger partial charge >= 0.3 is 0 Å². The lowest BCUT2D eigenvalue weighted by Crippen LogP contribution is -2.00. The average molecular weight is 301 g/mol. The monoisotopic (exact) mass is 300 g/mol. The van der Waals surface area contributed by atoms with Crippen LogP contribution in [0.5, 0.6) is 0 Å². The van der Waals surface area contributed by atoms with Gasteiger partial charge in [0.1, 0.15) is 0 Å². The van der Waals surface area contributed by atoms with Crippen LogP contribution in [0.3, 0.4) is 0 Å². The summed E-state index contributed by atoms with van der Waals surface area (Å²) in [4.78, 5) is 4.50. The van der Waals surface area contributed by atoms with E-state index in [-0.39, 0.29) is 0 Å². The summed E-state index contributed by atoms with van der Waals surface area (Å²) in [7, 11) is 0. The number of aryl methyl sites for hydroxylation is 2. The minimum Gasteiger partial charge on any atom is -0.246 e. The molecule has 2 aromatic rings. The highest BCUT2D eigenvalue weighted by Gasteiger charge is 2.04. The Labute approximate surface area is 107 Å². The predicted molar refractivity (Wildman–Crippen MR) is 68.1 cm³/mol. The molecule has 2 heterocycles. The molecule has 2 rings (SSSR count). The van der Waals surface area contributed by atoms with Crippen molar-refractivity contribution in [3.05, 3.63) is 28.0 Å². The first-order valence-corrected chi connectivity index (χ1v) is 7.20. The van der Waals surface area contributed by atoms with Crippen LogP contribution < -0.4 is 0 Å². The zero-order valence-electron chi connectivity index (χ0n) is 9.06. The van der Waals surface area contributed by atoms with Gasteiger partial charge in [-0.05, 0) is 6.42 Å². The minimum absolute atomic E-state index is 0.714. The number of halogens is 1. The van der Waals surface area contributed by atoms with E-state index in [2.05, 4.69) is 43.5 Å². The zero-order chi connectivity index (χ0) is 11.4. The molecule has 0 atom stereocenters. The lowest BCUT2D eigenvalue weighted by Gasteiger charge is -1.94. The average Bonchev–Trinajstić information content (AvgIpc) is 2.89. The van der Waals surface area contributed by atoms with Gasteiger partial charge in [0.15, 0.2) is 0 Å². The number of hydrogen-bond acceptors (Lipinski definition) is 4. The second-order valence-electron chi connectivity index (χ2n) is 3.43. The number of thiazole rings is 1. The molecule has 0 saturated heterocycles. The van der Waals surface area contributed by atoms with Crippen LogP contribution in [0.4, 0.5) is 0 Å². The number of hydrogen-bond donors (Lipinski definition) is 0. The molecule has 86 valence electrons. The van der Waals surface area contributed by atoms with Crippen molar-refractivity contribution in [1.29, 1.82) is 0 Å². The molecule has 0 aliphatic heterocycles. The molecule has 0 fully saturated rings. The topological polar surface area (TPSA) is 43.6 Å². The minimum atomic E-state index is 0.714. The Hall–Kier alpha value is -0.750. The first-order chi connectivity index (χ1) is 7.81. The molecule has 2 aromatic heterocycles. The molecular weight excluding hydrogens is 288 g/mol. The Morgan fingerprint density at radius 2 is 2.31 bits per heavy atom. The molecule has 4 nitrogen and oxygen atoms in total. The molecule has 0 aliphatic carbocycles. The Kier molecular flexibility index (Phi) is 4.06. The summed E-state index contributed by atoms with van der Waals surface area (Å²) < 4.78 is 1.84. The number of rotatable bonds is 5. The molecular formula is C10H13BrN4S. The maximum absolute atomic E-state index is 4.50. The summed E-state index contributed by atoms with van der Waals surface area (Å²) in [6.45, 7) is 2.83. The molecule has 0 N–H and O–H groups in total. The summed E-state index contributed by atoms with van der Waals surface area (Å²) in [5, 5.41) is 12.3. The van der Waals surface area contributed by atoms with Crippen LogP contribution in [0.2, 0.25) is 0 Å². The molecule has 6 heteroatoms. The first-order valence-electron chi connectivity index (χ1n) is 5.20. The van der Waals surface area contributed by atoms with Gasteiger partial charge in [0.05, 0.1) is 22.9 Å². The van der Waals surface area contributed by atoms with E-state index >= 15 is 0 Å². The maximum Gasteiger partial charge on any atom is 0.0926 e. The molecule has 0 bridgehead atoms. The van der Waals surface area contributed by atoms with Crippen LogP contribution >= 0.6 is 27.3 Å². The maximum atomic E-state index is 4.50. The SMILES string of the molecule is CCc1nc(Cn2cc(CCBr)nn2)cs1. The first kappa shape index (κ1) is 11.7. The molecule has 0 spiro atoms. The van der Waals surface area contributed by atoms with Crippen molar-refractivity contribution in [1.82, 2.24) is 20.0 Å². The highest BCUT2D eigenvalue weighted by molar-refractivity contribution is 9.09. The lowest BCUT2D eigenvalue weighted by molar-refractivity contribution is 0.639. The fourth-order valence-electron chi connectivity index (χ4n) is 1.38. The van der Waals surface area contributed by atoms with E-state index in [1.165, 1.54) is 5.01 Å². The van der Waals surface area contributed by atoms with E-state index in [9.17, 15) is 0 Å². The fraction of sp³-hybridized carbons (Fsp3) is 0.500. The number of aromatic nitrogens is 4. The number of nitrogens with zero attached hydrogens (tertiary/aromatic N) is 4. The Bertz CT molecular complexity index is 451. The van der Waals surface area contributed by atoms with Crippen LogP contribution in [-0.4, -0.2) is 25.3 Å². The zero-order valence-corrected chi connectivity index (χ0v) is 11.5. The summed E-state index contributed by atoms with van der Waals surface area (Å²) in [6, 6.07) is 0. The van der Waals surface area contributed by atoms with Gasteiger partial charge in [-0.1, -0.05) is 28.1 Å². The molecule has 0 amide bonds. The van der Waals surface area contributed by atoms with Gasteiger partial charge in [-0.25, -0.2) is 9.67 Å². The molecule has 0 unspecified atom stereocenters. The van der Waals surface area contributed by atoms with Crippen LogP contribution in [-0.2, 0) is 19.4 Å². The predicted octanol–water partition coefficient (Wildman–Crippen LogP) is 2.28. The van der Waals surface area contributed by atoms with Crippen molar-refractivity contribution in [3.8, 4) is 0 Å². The van der Waals surface area contributed by atoms with Gasteiger partial charge in [-0.2, -0.15) is 0 Å². The Morgan fingerprint density at radius 1 is 1.44 bits per heavy atom. The van der Waals surface area contributed by atoms with E-state index in [1.807, 2.05) is 10.9 Å². The van der Waals surface area contributed by atoms with Gasteiger partial charge < -0.3 is 0 Å². The second kappa shape index (κ2) is 5.54. The van der Waals surface area contributed by atoms with E-state index in [0.717, 1.165) is 29.6 Å². The largest absolute Gasteiger partial charge is 0.246 e. The van der Waals surface area contributed by atoms with Crippen LogP contribution in [0.25, 0.3) is 0 Å². The van der Waals surface area contributed by atoms with E-state index < -0.39 is 0 Å². The number of alkyl halides is 1. The van der Waals surface area contributed by atoms with Crippen molar-refractivity contribution < 1.29 is 0 Å². The summed E-state index contributed by atoms with van der Waals surface area (Å²) in [6.07, 6.45) is 3.89. The molecule has 0 saturated carbocycles. The third-order valence-corrected chi connectivity index (χ3v) is 3.60. The van der Waals surface area contributed by atoms with Crippen LogP contribution in [0.15, 0.2) is 11.6 Å². The normalized spacial score (nSPS) is 10.9. The van der Waals surface area contributed by atoms with Crippen LogP contribution in [0, 0.1) is 0 Å². The third-order valence-electron chi connectivity index (χ3n) is 2.16. The van der Waals surface area contributed by atoms with Crippen molar-refractivity contribution in [2.24, 2.45) is 0 Å². The summed E-state index contributed by atoms with van der Waals surface area (Å²) in [5.74, 6) is 0. The van der Waals surface area contributed by atoms with Crippen molar-refractivity contribution in [2.45, 2.75) is 26.3 Å². The lowest BCUT2D eigenvalue weighted by atomic mass is 10.4. The van der Waals surface area contributed by atoms with Crippen molar-refractivity contribution in [3.63, 3.8) is 0 Å². The van der Waals surface area contributed by atoms with Gasteiger partial charge in [-0.15, -0.1) is 16.4 Å². The van der Waals surface area contributed by atoms with Gasteiger partial charge in [0, 0.05) is 23.3 Å². The highest BCUT2D eigenvalue weighted by Crippen LogP contribution is 2.11. The fourth-order valence-corrected chi connectivity index (χ4v) is 2.52. The summed E-state index contributed by atoms with van der Waals surface area (Å²) in [5.41, 5.74) is 2.08. The Balaban J connectivity index is 2.02. The van der Waals surface area contributed by atoms with Gasteiger partial charge in [-0.3, -0.25) is 0 Å². The van der Waals surface area contributed by atoms with E-state index in [0.29, 0.717) is 6.54 Å². The highest BCUT2D eigenvalue weighted by atomic mass is 79.9. The quantitative estimate of drug-likeness (QED) is 0.796. The van der Waals surface area contributed by atoms with Crippen molar-refractivity contribution in [2.75, 3.05) is 5.33 Å².